The summed E-state index contributed by atoms with van der Waals surface area (Å²) in [7, 11) is 4.01. The molecule has 126 valence electrons. The van der Waals surface area contributed by atoms with E-state index < -0.39 is 0 Å². The number of likely N-dealkylation sites (tertiary alicyclic amines) is 1. The second kappa shape index (κ2) is 6.81. The Morgan fingerprint density at radius 3 is 2.62 bits per heavy atom. The Hall–Kier alpha value is -1.45. The van der Waals surface area contributed by atoms with Gasteiger partial charge < -0.3 is 9.64 Å². The van der Waals surface area contributed by atoms with Crippen LogP contribution in [0, 0.1) is 5.92 Å². The van der Waals surface area contributed by atoms with Crippen LogP contribution in [-0.2, 0) is 6.42 Å². The molecule has 1 fully saturated rings. The summed E-state index contributed by atoms with van der Waals surface area (Å²) in [5.74, 6) is 2.34. The van der Waals surface area contributed by atoms with Crippen LogP contribution in [0.4, 0.5) is 0 Å². The summed E-state index contributed by atoms with van der Waals surface area (Å²) >= 11 is 1.92. The number of rotatable bonds is 2. The van der Waals surface area contributed by atoms with Gasteiger partial charge >= 0.3 is 0 Å². The quantitative estimate of drug-likeness (QED) is 0.778. The number of hydrogen-bond acceptors (Lipinski definition) is 3. The summed E-state index contributed by atoms with van der Waals surface area (Å²) in [6.45, 7) is 2.44. The lowest BCUT2D eigenvalue weighted by Gasteiger charge is -2.35. The van der Waals surface area contributed by atoms with Gasteiger partial charge in [0, 0.05) is 9.79 Å². The van der Waals surface area contributed by atoms with Gasteiger partial charge in [0.25, 0.3) is 0 Å². The van der Waals surface area contributed by atoms with E-state index in [1.54, 1.807) is 7.11 Å². The average molecular weight is 340 g/mol. The molecule has 0 radical (unpaired) electrons. The third-order valence-electron chi connectivity index (χ3n) is 5.58. The minimum atomic E-state index is 0.597. The van der Waals surface area contributed by atoms with Gasteiger partial charge in [0.15, 0.2) is 0 Å². The first kappa shape index (κ1) is 16.0. The van der Waals surface area contributed by atoms with Crippen molar-refractivity contribution in [1.29, 1.82) is 0 Å². The molecule has 3 heteroatoms. The van der Waals surface area contributed by atoms with Gasteiger partial charge in [-0.3, -0.25) is 0 Å². The minimum Gasteiger partial charge on any atom is -0.497 e. The van der Waals surface area contributed by atoms with Crippen molar-refractivity contribution in [3.8, 4) is 5.75 Å². The number of nitrogens with zero attached hydrogens (tertiary/aromatic N) is 1. The molecule has 0 amide bonds. The largest absolute Gasteiger partial charge is 0.497 e. The minimum absolute atomic E-state index is 0.597. The molecule has 0 aliphatic carbocycles. The van der Waals surface area contributed by atoms with Gasteiger partial charge in [0.05, 0.1) is 7.11 Å². The molecule has 1 atom stereocenters. The van der Waals surface area contributed by atoms with Crippen LogP contribution in [0.15, 0.2) is 52.3 Å². The fourth-order valence-corrected chi connectivity index (χ4v) is 5.26. The molecule has 0 N–H and O–H groups in total. The summed E-state index contributed by atoms with van der Waals surface area (Å²) < 4.78 is 5.53. The highest BCUT2D eigenvalue weighted by molar-refractivity contribution is 7.99. The van der Waals surface area contributed by atoms with Crippen LogP contribution >= 0.6 is 11.8 Å². The molecule has 2 heterocycles. The molecule has 4 rings (SSSR count). The van der Waals surface area contributed by atoms with Crippen molar-refractivity contribution in [1.82, 2.24) is 4.90 Å². The van der Waals surface area contributed by atoms with E-state index >= 15 is 0 Å². The second-order valence-corrected chi connectivity index (χ2v) is 8.15. The first-order valence-corrected chi connectivity index (χ1v) is 9.68. The smallest absolute Gasteiger partial charge is 0.119 e. The lowest BCUT2D eigenvalue weighted by atomic mass is 9.77. The lowest BCUT2D eigenvalue weighted by molar-refractivity contribution is 0.196. The predicted molar refractivity (Wildman–Crippen MR) is 100 cm³/mol. The Labute approximate surface area is 149 Å². The van der Waals surface area contributed by atoms with Gasteiger partial charge in [-0.05, 0) is 86.6 Å². The van der Waals surface area contributed by atoms with Crippen LogP contribution in [0.25, 0.3) is 0 Å². The number of ether oxygens (including phenoxy) is 1. The normalized spacial score (nSPS) is 21.7. The maximum atomic E-state index is 5.53. The van der Waals surface area contributed by atoms with Crippen molar-refractivity contribution in [3.05, 3.63) is 53.6 Å². The number of benzene rings is 2. The SMILES string of the molecule is COc1ccc2c(c1)C(C1CCN(C)CC1)Cc1ccccc1S2. The zero-order chi connectivity index (χ0) is 16.5. The van der Waals surface area contributed by atoms with E-state index in [0.29, 0.717) is 5.92 Å². The van der Waals surface area contributed by atoms with Gasteiger partial charge in [0.1, 0.15) is 5.75 Å². The van der Waals surface area contributed by atoms with E-state index in [2.05, 4.69) is 54.4 Å². The third kappa shape index (κ3) is 3.07. The molecule has 2 aromatic rings. The first-order valence-electron chi connectivity index (χ1n) is 8.87. The summed E-state index contributed by atoms with van der Waals surface area (Å²) in [5, 5.41) is 0. The zero-order valence-electron chi connectivity index (χ0n) is 14.5. The Morgan fingerprint density at radius 1 is 1.04 bits per heavy atom. The highest BCUT2D eigenvalue weighted by Gasteiger charge is 2.31. The number of fused-ring (bicyclic) bond motifs is 2. The Bertz CT molecular complexity index is 722. The van der Waals surface area contributed by atoms with Crippen molar-refractivity contribution in [3.63, 3.8) is 0 Å². The van der Waals surface area contributed by atoms with E-state index in [1.807, 2.05) is 11.8 Å². The Morgan fingerprint density at radius 2 is 1.83 bits per heavy atom. The zero-order valence-corrected chi connectivity index (χ0v) is 15.3. The van der Waals surface area contributed by atoms with Gasteiger partial charge in [0.2, 0.25) is 0 Å². The van der Waals surface area contributed by atoms with E-state index in [9.17, 15) is 0 Å². The van der Waals surface area contributed by atoms with Crippen molar-refractivity contribution in [2.45, 2.75) is 35.0 Å². The van der Waals surface area contributed by atoms with Crippen LogP contribution in [-0.4, -0.2) is 32.1 Å². The maximum Gasteiger partial charge on any atom is 0.119 e. The Balaban J connectivity index is 1.76. The molecule has 0 aromatic heterocycles. The molecular formula is C21H25NOS. The molecule has 0 saturated carbocycles. The third-order valence-corrected chi connectivity index (χ3v) is 6.79. The van der Waals surface area contributed by atoms with Gasteiger partial charge in [-0.1, -0.05) is 30.0 Å². The average Bonchev–Trinajstić information content (AvgIpc) is 2.78. The second-order valence-electron chi connectivity index (χ2n) is 7.06. The highest BCUT2D eigenvalue weighted by Crippen LogP contribution is 2.47. The molecule has 0 spiro atoms. The molecular weight excluding hydrogens is 314 g/mol. The van der Waals surface area contributed by atoms with Gasteiger partial charge in [-0.15, -0.1) is 0 Å². The van der Waals surface area contributed by atoms with Crippen LogP contribution in [0.3, 0.4) is 0 Å². The van der Waals surface area contributed by atoms with Crippen molar-refractivity contribution < 1.29 is 4.74 Å². The van der Waals surface area contributed by atoms with Crippen molar-refractivity contribution in [2.24, 2.45) is 5.92 Å². The molecule has 2 nitrogen and oxygen atoms in total. The fraction of sp³-hybridized carbons (Fsp3) is 0.429. The molecule has 2 aliphatic rings. The van der Waals surface area contributed by atoms with Gasteiger partial charge in [-0.25, -0.2) is 0 Å². The van der Waals surface area contributed by atoms with E-state index in [-0.39, 0.29) is 0 Å². The molecule has 2 aliphatic heterocycles. The number of hydrogen-bond donors (Lipinski definition) is 0. The van der Waals surface area contributed by atoms with Crippen LogP contribution in [0.5, 0.6) is 5.75 Å². The maximum absolute atomic E-state index is 5.53. The molecule has 0 bridgehead atoms. The first-order chi connectivity index (χ1) is 11.7. The van der Waals surface area contributed by atoms with Crippen LogP contribution in [0.2, 0.25) is 0 Å². The predicted octanol–water partition coefficient (Wildman–Crippen LogP) is 4.83. The Kier molecular flexibility index (Phi) is 4.55. The number of methoxy groups -OCH3 is 1. The standard InChI is InChI=1S/C21H25NOS/c1-22-11-9-15(10-12-22)18-13-16-5-3-4-6-20(16)24-21-8-7-17(23-2)14-19(18)21/h3-8,14-15,18H,9-13H2,1-2H3. The monoisotopic (exact) mass is 339 g/mol. The van der Waals surface area contributed by atoms with Gasteiger partial charge in [-0.2, -0.15) is 0 Å². The molecule has 1 saturated heterocycles. The molecule has 1 unspecified atom stereocenters. The molecule has 2 aromatic carbocycles. The lowest BCUT2D eigenvalue weighted by Crippen LogP contribution is -2.33. The summed E-state index contributed by atoms with van der Waals surface area (Å²) in [6, 6.07) is 15.6. The van der Waals surface area contributed by atoms with E-state index in [0.717, 1.165) is 18.1 Å². The summed E-state index contributed by atoms with van der Waals surface area (Å²) in [5.41, 5.74) is 2.99. The summed E-state index contributed by atoms with van der Waals surface area (Å²) in [4.78, 5) is 5.28. The van der Waals surface area contributed by atoms with Crippen molar-refractivity contribution >= 4 is 11.8 Å². The van der Waals surface area contributed by atoms with Crippen LogP contribution in [0.1, 0.15) is 29.9 Å². The highest BCUT2D eigenvalue weighted by atomic mass is 32.2. The van der Waals surface area contributed by atoms with Crippen LogP contribution < -0.4 is 4.74 Å². The van der Waals surface area contributed by atoms with E-state index in [1.165, 1.54) is 46.8 Å². The van der Waals surface area contributed by atoms with E-state index in [4.69, 9.17) is 4.74 Å². The fourth-order valence-electron chi connectivity index (χ4n) is 4.13. The number of piperidine rings is 1. The molecule has 24 heavy (non-hydrogen) atoms. The summed E-state index contributed by atoms with van der Waals surface area (Å²) in [6.07, 6.45) is 3.74. The topological polar surface area (TPSA) is 12.5 Å². The van der Waals surface area contributed by atoms with Crippen molar-refractivity contribution in [2.75, 3.05) is 27.2 Å².